The molecule has 0 unspecified atom stereocenters. The van der Waals surface area contributed by atoms with E-state index in [2.05, 4.69) is 56.0 Å². The predicted octanol–water partition coefficient (Wildman–Crippen LogP) is 7.53. The Balaban J connectivity index is 0.00000181. The van der Waals surface area contributed by atoms with Crippen LogP contribution < -0.4 is 4.74 Å². The van der Waals surface area contributed by atoms with Crippen molar-refractivity contribution in [2.24, 2.45) is 9.98 Å². The second kappa shape index (κ2) is 16.6. The molecule has 2 heterocycles. The fourth-order valence-corrected chi connectivity index (χ4v) is 4.40. The van der Waals surface area contributed by atoms with E-state index < -0.39 is 10.3 Å². The highest BCUT2D eigenvalue weighted by atomic mass is 32.3. The van der Waals surface area contributed by atoms with Crippen molar-refractivity contribution in [2.45, 2.75) is 66.7 Å². The second-order valence-electron chi connectivity index (χ2n) is 9.76. The van der Waals surface area contributed by atoms with E-state index in [-0.39, 0.29) is 4.75 Å². The van der Waals surface area contributed by atoms with E-state index >= 15 is 0 Å². The first-order valence-electron chi connectivity index (χ1n) is 14.0. The summed E-state index contributed by atoms with van der Waals surface area (Å²) in [5.74, 6) is 2.28. The summed E-state index contributed by atoms with van der Waals surface area (Å²) in [6.45, 7) is 24.6. The molecule has 220 valence electrons. The Kier molecular flexibility index (Phi) is 14.8. The van der Waals surface area contributed by atoms with Crippen LogP contribution in [0, 0.1) is 0 Å². The lowest BCUT2D eigenvalue weighted by Gasteiger charge is -2.43. The number of aliphatic imine (C=N–C) groups is 2. The molecule has 0 bridgehead atoms. The number of ether oxygens (including phenoxy) is 2. The zero-order valence-corrected chi connectivity index (χ0v) is 27.1. The van der Waals surface area contributed by atoms with Gasteiger partial charge in [0.1, 0.15) is 11.6 Å². The Bertz CT molecular complexity index is 1060. The monoisotopic (exact) mass is 560 g/mol. The molecule has 0 aliphatic carbocycles. The number of nitrogens with zero attached hydrogens (tertiary/aromatic N) is 4. The van der Waals surface area contributed by atoms with Gasteiger partial charge in [-0.2, -0.15) is 0 Å². The van der Waals surface area contributed by atoms with E-state index in [1.807, 2.05) is 58.9 Å². The zero-order valence-electron chi connectivity index (χ0n) is 26.3. The number of pyridine rings is 1. The van der Waals surface area contributed by atoms with E-state index in [1.54, 1.807) is 7.11 Å². The molecule has 7 nitrogen and oxygen atoms in total. The summed E-state index contributed by atoms with van der Waals surface area (Å²) < 4.78 is 17.7. The first kappa shape index (κ1) is 34.6. The molecule has 0 spiro atoms. The summed E-state index contributed by atoms with van der Waals surface area (Å²) in [7, 11) is 0.426. The lowest BCUT2D eigenvalue weighted by atomic mass is 10.1. The third-order valence-electron chi connectivity index (χ3n) is 6.44. The van der Waals surface area contributed by atoms with Gasteiger partial charge >= 0.3 is 0 Å². The number of amidine groups is 1. The fourth-order valence-electron chi connectivity index (χ4n) is 3.62. The number of methoxy groups -OCH3 is 1. The molecule has 0 radical (unpaired) electrons. The molecule has 0 saturated carbocycles. The molecule has 1 aromatic carbocycles. The molecule has 1 aliphatic heterocycles. The highest BCUT2D eigenvalue weighted by Crippen LogP contribution is 2.54. The Morgan fingerprint density at radius 2 is 1.72 bits per heavy atom. The maximum Gasteiger partial charge on any atom is 0.162 e. The van der Waals surface area contributed by atoms with Crippen LogP contribution in [-0.4, -0.2) is 79.7 Å². The topological polar surface area (TPSA) is 68.5 Å². The van der Waals surface area contributed by atoms with Crippen molar-refractivity contribution in [3.05, 3.63) is 41.5 Å². The van der Waals surface area contributed by atoms with Crippen LogP contribution in [0.1, 0.15) is 66.5 Å². The van der Waals surface area contributed by atoms with E-state index in [9.17, 15) is 0 Å². The standard InChI is InChI=1S/C27H40N4O3S.2C2H6/c1-9-29-26(31-14-16-33-17-15-31)22-11-12-23(30-25(22)28-5)20-10-13-24(32-6)21(18-20)19-34-35(7,8)27(2,3)4;2*1-2/h10-13,18H,5,9,14-17,19H2,1-4,6-8H3;2*1-2H3. The smallest absolute Gasteiger partial charge is 0.162 e. The van der Waals surface area contributed by atoms with Crippen molar-refractivity contribution in [1.29, 1.82) is 0 Å². The van der Waals surface area contributed by atoms with Crippen LogP contribution in [0.5, 0.6) is 5.75 Å². The van der Waals surface area contributed by atoms with E-state index in [0.29, 0.717) is 32.2 Å². The first-order chi connectivity index (χ1) is 18.6. The van der Waals surface area contributed by atoms with Gasteiger partial charge in [0, 0.05) is 35.5 Å². The van der Waals surface area contributed by atoms with Gasteiger partial charge < -0.3 is 18.6 Å². The van der Waals surface area contributed by atoms with Crippen LogP contribution in [0.2, 0.25) is 0 Å². The van der Waals surface area contributed by atoms with Crippen molar-refractivity contribution < 1.29 is 13.7 Å². The predicted molar refractivity (Wildman–Crippen MR) is 172 cm³/mol. The normalized spacial score (nSPS) is 14.4. The van der Waals surface area contributed by atoms with E-state index in [0.717, 1.165) is 47.1 Å². The van der Waals surface area contributed by atoms with Gasteiger partial charge in [-0.1, -0.05) is 48.5 Å². The van der Waals surface area contributed by atoms with Crippen molar-refractivity contribution >= 4 is 28.7 Å². The number of hydrogen-bond acceptors (Lipinski definition) is 6. The van der Waals surface area contributed by atoms with Crippen LogP contribution in [0.4, 0.5) is 5.82 Å². The van der Waals surface area contributed by atoms with Crippen LogP contribution in [0.15, 0.2) is 40.3 Å². The highest BCUT2D eigenvalue weighted by Gasteiger charge is 2.29. The first-order valence-corrected chi connectivity index (χ1v) is 16.4. The number of aromatic nitrogens is 1. The van der Waals surface area contributed by atoms with Crippen LogP contribution in [0.25, 0.3) is 11.3 Å². The average molecular weight is 561 g/mol. The van der Waals surface area contributed by atoms with Gasteiger partial charge in [-0.05, 0) is 56.5 Å². The van der Waals surface area contributed by atoms with Gasteiger partial charge in [-0.3, -0.25) is 4.99 Å². The maximum atomic E-state index is 6.43. The van der Waals surface area contributed by atoms with E-state index in [1.165, 1.54) is 0 Å². The number of rotatable bonds is 8. The van der Waals surface area contributed by atoms with Gasteiger partial charge in [0.15, 0.2) is 5.82 Å². The summed E-state index contributed by atoms with van der Waals surface area (Å²) in [6, 6.07) is 10.1. The molecule has 0 N–H and O–H groups in total. The lowest BCUT2D eigenvalue weighted by Crippen LogP contribution is -2.41. The quantitative estimate of drug-likeness (QED) is 0.246. The largest absolute Gasteiger partial charge is 0.496 e. The van der Waals surface area contributed by atoms with Crippen molar-refractivity contribution in [3.63, 3.8) is 0 Å². The second-order valence-corrected chi connectivity index (χ2v) is 13.7. The molecule has 0 atom stereocenters. The number of morpholine rings is 1. The molecule has 2 aromatic rings. The third kappa shape index (κ3) is 9.33. The minimum Gasteiger partial charge on any atom is -0.496 e. The Morgan fingerprint density at radius 1 is 1.08 bits per heavy atom. The molecule has 1 aromatic heterocycles. The van der Waals surface area contributed by atoms with Gasteiger partial charge in [0.25, 0.3) is 0 Å². The molecule has 1 saturated heterocycles. The molecule has 0 amide bonds. The molecule has 3 rings (SSSR count). The van der Waals surface area contributed by atoms with Gasteiger partial charge in [0.2, 0.25) is 0 Å². The van der Waals surface area contributed by atoms with Crippen molar-refractivity contribution in [2.75, 3.05) is 52.5 Å². The maximum absolute atomic E-state index is 6.43. The molecule has 1 aliphatic rings. The van der Waals surface area contributed by atoms with Gasteiger partial charge in [0.05, 0.1) is 38.2 Å². The summed E-state index contributed by atoms with van der Waals surface area (Å²) in [5.41, 5.74) is 3.68. The van der Waals surface area contributed by atoms with Crippen LogP contribution in [-0.2, 0) is 15.5 Å². The molecular formula is C31H52N4O3S. The van der Waals surface area contributed by atoms with Crippen molar-refractivity contribution in [1.82, 2.24) is 9.88 Å². The SMILES string of the molecule is C=Nc1nc(-c2ccc(OC)c(COS(C)(C)C(C)(C)C)c2)ccc1C(=NCC)N1CCOCC1.CC.CC. The zero-order chi connectivity index (χ0) is 29.6. The van der Waals surface area contributed by atoms with Crippen LogP contribution >= 0.6 is 10.3 Å². The average Bonchev–Trinajstić information content (AvgIpc) is 2.96. The number of benzene rings is 1. The summed E-state index contributed by atoms with van der Waals surface area (Å²) in [4.78, 5) is 16.1. The molecule has 39 heavy (non-hydrogen) atoms. The minimum atomic E-state index is -1.26. The van der Waals surface area contributed by atoms with Gasteiger partial charge in [-0.25, -0.2) is 9.98 Å². The summed E-state index contributed by atoms with van der Waals surface area (Å²) in [5, 5.41) is 0. The lowest BCUT2D eigenvalue weighted by molar-refractivity contribution is 0.0682. The Labute approximate surface area is 239 Å². The molecular weight excluding hydrogens is 508 g/mol. The minimum absolute atomic E-state index is 0.0813. The van der Waals surface area contributed by atoms with E-state index in [4.69, 9.17) is 23.6 Å². The highest BCUT2D eigenvalue weighted by molar-refractivity contribution is 8.29. The fraction of sp³-hybridized carbons (Fsp3) is 0.581. The Morgan fingerprint density at radius 3 is 2.26 bits per heavy atom. The molecule has 1 fully saturated rings. The molecule has 8 heteroatoms. The summed E-state index contributed by atoms with van der Waals surface area (Å²) in [6.07, 6.45) is 4.41. The van der Waals surface area contributed by atoms with Crippen molar-refractivity contribution in [3.8, 4) is 17.0 Å². The number of hydrogen-bond donors (Lipinski definition) is 0. The Hall–Kier alpha value is -2.42. The van der Waals surface area contributed by atoms with Gasteiger partial charge in [-0.15, -0.1) is 10.3 Å². The van der Waals surface area contributed by atoms with Crippen LogP contribution in [0.3, 0.4) is 0 Å². The summed E-state index contributed by atoms with van der Waals surface area (Å²) >= 11 is 0. The third-order valence-corrected chi connectivity index (χ3v) is 10.1.